The number of rotatable bonds is 6. The predicted molar refractivity (Wildman–Crippen MR) is 69.0 cm³/mol. The summed E-state index contributed by atoms with van der Waals surface area (Å²) in [6.45, 7) is 1.88. The van der Waals surface area contributed by atoms with Gasteiger partial charge in [-0.05, 0) is 24.1 Å². The van der Waals surface area contributed by atoms with Crippen LogP contribution in [-0.2, 0) is 4.79 Å². The standard InChI is InChI=1S/C13H17ClO4/c1-3-4-9(13(16)17)12(15)8-5-6-11(18-2)10(14)7-8/h5-7,9,12,15H,3-4H2,1-2H3,(H,16,17). The normalized spacial score (nSPS) is 14.0. The Balaban J connectivity index is 2.97. The van der Waals surface area contributed by atoms with Crippen LogP contribution in [0, 0.1) is 5.92 Å². The maximum absolute atomic E-state index is 11.1. The van der Waals surface area contributed by atoms with Gasteiger partial charge in [-0.1, -0.05) is 31.0 Å². The van der Waals surface area contributed by atoms with E-state index in [9.17, 15) is 9.90 Å². The lowest BCUT2D eigenvalue weighted by atomic mass is 9.92. The van der Waals surface area contributed by atoms with Gasteiger partial charge in [0.1, 0.15) is 5.75 Å². The zero-order chi connectivity index (χ0) is 13.7. The van der Waals surface area contributed by atoms with Crippen molar-refractivity contribution in [2.75, 3.05) is 7.11 Å². The number of hydrogen-bond acceptors (Lipinski definition) is 3. The van der Waals surface area contributed by atoms with Crippen molar-refractivity contribution in [3.8, 4) is 5.75 Å². The van der Waals surface area contributed by atoms with Crippen LogP contribution in [0.5, 0.6) is 5.75 Å². The number of ether oxygens (including phenoxy) is 1. The smallest absolute Gasteiger partial charge is 0.309 e. The lowest BCUT2D eigenvalue weighted by Crippen LogP contribution is -2.21. The number of carboxylic acid groups (broad SMARTS) is 1. The molecular weight excluding hydrogens is 256 g/mol. The minimum atomic E-state index is -1.06. The van der Waals surface area contributed by atoms with E-state index in [0.29, 0.717) is 29.2 Å². The molecule has 4 nitrogen and oxygen atoms in total. The molecule has 0 aliphatic heterocycles. The molecule has 1 aromatic rings. The average molecular weight is 273 g/mol. The van der Waals surface area contributed by atoms with Crippen molar-refractivity contribution >= 4 is 17.6 Å². The number of methoxy groups -OCH3 is 1. The second-order valence-corrected chi connectivity index (χ2v) is 4.48. The number of aliphatic hydroxyl groups is 1. The number of benzene rings is 1. The van der Waals surface area contributed by atoms with Crippen LogP contribution in [0.15, 0.2) is 18.2 Å². The Labute approximate surface area is 111 Å². The van der Waals surface area contributed by atoms with Crippen LogP contribution in [-0.4, -0.2) is 23.3 Å². The lowest BCUT2D eigenvalue weighted by molar-refractivity contribution is -0.146. The molecule has 100 valence electrons. The van der Waals surface area contributed by atoms with E-state index < -0.39 is 18.0 Å². The minimum absolute atomic E-state index is 0.356. The van der Waals surface area contributed by atoms with E-state index in [0.717, 1.165) is 0 Å². The van der Waals surface area contributed by atoms with Gasteiger partial charge < -0.3 is 14.9 Å². The molecule has 2 unspecified atom stereocenters. The van der Waals surface area contributed by atoms with Gasteiger partial charge in [0.05, 0.1) is 24.2 Å². The number of halogens is 1. The molecule has 2 atom stereocenters. The van der Waals surface area contributed by atoms with Gasteiger partial charge in [-0.15, -0.1) is 0 Å². The highest BCUT2D eigenvalue weighted by Crippen LogP contribution is 2.32. The Kier molecular flexibility index (Phi) is 5.44. The molecule has 0 aliphatic carbocycles. The topological polar surface area (TPSA) is 66.8 Å². The minimum Gasteiger partial charge on any atom is -0.495 e. The van der Waals surface area contributed by atoms with Crippen molar-refractivity contribution in [3.63, 3.8) is 0 Å². The summed E-state index contributed by atoms with van der Waals surface area (Å²) in [5, 5.41) is 19.5. The van der Waals surface area contributed by atoms with Crippen molar-refractivity contribution in [1.29, 1.82) is 0 Å². The summed E-state index contributed by atoms with van der Waals surface area (Å²) in [5.74, 6) is -1.33. The molecular formula is C13H17ClO4. The van der Waals surface area contributed by atoms with E-state index in [2.05, 4.69) is 0 Å². The summed E-state index contributed by atoms with van der Waals surface area (Å²) < 4.78 is 5.01. The first-order valence-electron chi connectivity index (χ1n) is 5.75. The van der Waals surface area contributed by atoms with E-state index in [1.54, 1.807) is 12.1 Å². The summed E-state index contributed by atoms with van der Waals surface area (Å²) in [5.41, 5.74) is 0.488. The van der Waals surface area contributed by atoms with E-state index >= 15 is 0 Å². The van der Waals surface area contributed by atoms with Gasteiger partial charge in [0.2, 0.25) is 0 Å². The fourth-order valence-corrected chi connectivity index (χ4v) is 2.09. The summed E-state index contributed by atoms with van der Waals surface area (Å²) >= 11 is 5.95. The second kappa shape index (κ2) is 6.61. The van der Waals surface area contributed by atoms with Gasteiger partial charge in [-0.2, -0.15) is 0 Å². The van der Waals surface area contributed by atoms with E-state index in [-0.39, 0.29) is 0 Å². The summed E-state index contributed by atoms with van der Waals surface area (Å²) in [4.78, 5) is 11.1. The monoisotopic (exact) mass is 272 g/mol. The van der Waals surface area contributed by atoms with Gasteiger partial charge in [0.15, 0.2) is 0 Å². The van der Waals surface area contributed by atoms with Crippen molar-refractivity contribution in [2.24, 2.45) is 5.92 Å². The van der Waals surface area contributed by atoms with Gasteiger partial charge >= 0.3 is 5.97 Å². The predicted octanol–water partition coefficient (Wildman–Crippen LogP) is 2.88. The number of hydrogen-bond donors (Lipinski definition) is 2. The van der Waals surface area contributed by atoms with Crippen LogP contribution in [0.4, 0.5) is 0 Å². The molecule has 5 heteroatoms. The molecule has 0 heterocycles. The SMILES string of the molecule is CCCC(C(=O)O)C(O)c1ccc(OC)c(Cl)c1. The quantitative estimate of drug-likeness (QED) is 0.836. The number of aliphatic hydroxyl groups excluding tert-OH is 1. The first-order chi connectivity index (χ1) is 8.51. The molecule has 0 spiro atoms. The lowest BCUT2D eigenvalue weighted by Gasteiger charge is -2.19. The Morgan fingerprint density at radius 2 is 2.17 bits per heavy atom. The number of carboxylic acids is 1. The maximum Gasteiger partial charge on any atom is 0.309 e. The first kappa shape index (κ1) is 14.8. The molecule has 18 heavy (non-hydrogen) atoms. The Morgan fingerprint density at radius 1 is 1.50 bits per heavy atom. The first-order valence-corrected chi connectivity index (χ1v) is 6.13. The number of carbonyl (C=O) groups is 1. The van der Waals surface area contributed by atoms with Crippen LogP contribution in [0.1, 0.15) is 31.4 Å². The molecule has 0 radical (unpaired) electrons. The van der Waals surface area contributed by atoms with Crippen LogP contribution in [0.25, 0.3) is 0 Å². The van der Waals surface area contributed by atoms with E-state index in [1.807, 2.05) is 6.92 Å². The third-order valence-corrected chi connectivity index (χ3v) is 3.11. The van der Waals surface area contributed by atoms with Gasteiger partial charge in [0, 0.05) is 0 Å². The van der Waals surface area contributed by atoms with Crippen molar-refractivity contribution in [2.45, 2.75) is 25.9 Å². The summed E-state index contributed by atoms with van der Waals surface area (Å²) in [6, 6.07) is 4.78. The highest BCUT2D eigenvalue weighted by Gasteiger charge is 2.27. The molecule has 0 saturated heterocycles. The van der Waals surface area contributed by atoms with Crippen molar-refractivity contribution in [1.82, 2.24) is 0 Å². The highest BCUT2D eigenvalue weighted by molar-refractivity contribution is 6.32. The Morgan fingerprint density at radius 3 is 2.61 bits per heavy atom. The van der Waals surface area contributed by atoms with Gasteiger partial charge in [0.25, 0.3) is 0 Å². The van der Waals surface area contributed by atoms with E-state index in [4.69, 9.17) is 21.4 Å². The molecule has 0 aliphatic rings. The molecule has 2 N–H and O–H groups in total. The molecule has 0 saturated carbocycles. The molecule has 0 amide bonds. The van der Waals surface area contributed by atoms with Crippen molar-refractivity contribution < 1.29 is 19.7 Å². The summed E-state index contributed by atoms with van der Waals surface area (Å²) in [6.07, 6.45) is 0.0452. The molecule has 0 aromatic heterocycles. The summed E-state index contributed by atoms with van der Waals surface area (Å²) in [7, 11) is 1.49. The third-order valence-electron chi connectivity index (χ3n) is 2.82. The van der Waals surface area contributed by atoms with Gasteiger partial charge in [-0.25, -0.2) is 0 Å². The van der Waals surface area contributed by atoms with Crippen LogP contribution in [0.2, 0.25) is 5.02 Å². The molecule has 0 bridgehead atoms. The third kappa shape index (κ3) is 3.37. The molecule has 1 aromatic carbocycles. The number of aliphatic carboxylic acids is 1. The Bertz CT molecular complexity index is 419. The largest absolute Gasteiger partial charge is 0.495 e. The fourth-order valence-electron chi connectivity index (χ4n) is 1.83. The Hall–Kier alpha value is -1.26. The zero-order valence-corrected chi connectivity index (χ0v) is 11.1. The van der Waals surface area contributed by atoms with E-state index in [1.165, 1.54) is 13.2 Å². The average Bonchev–Trinajstić information content (AvgIpc) is 2.34. The fraction of sp³-hybridized carbons (Fsp3) is 0.462. The zero-order valence-electron chi connectivity index (χ0n) is 10.4. The van der Waals surface area contributed by atoms with Crippen LogP contribution < -0.4 is 4.74 Å². The highest BCUT2D eigenvalue weighted by atomic mass is 35.5. The molecule has 0 fully saturated rings. The van der Waals surface area contributed by atoms with Crippen LogP contribution in [0.3, 0.4) is 0 Å². The van der Waals surface area contributed by atoms with Crippen molar-refractivity contribution in [3.05, 3.63) is 28.8 Å². The van der Waals surface area contributed by atoms with Crippen LogP contribution >= 0.6 is 11.6 Å². The molecule has 1 rings (SSSR count). The van der Waals surface area contributed by atoms with Gasteiger partial charge in [-0.3, -0.25) is 4.79 Å². The maximum atomic E-state index is 11.1. The second-order valence-electron chi connectivity index (χ2n) is 4.07.